The molecule has 152 valence electrons. The molecule has 7 nitrogen and oxygen atoms in total. The maximum Gasteiger partial charge on any atom is 0.260 e. The van der Waals surface area contributed by atoms with Crippen molar-refractivity contribution in [2.24, 2.45) is 0 Å². The van der Waals surface area contributed by atoms with Crippen LogP contribution >= 0.6 is 23.1 Å². The van der Waals surface area contributed by atoms with E-state index in [1.807, 2.05) is 0 Å². The summed E-state index contributed by atoms with van der Waals surface area (Å²) < 4.78 is 5.33. The minimum absolute atomic E-state index is 0.0276. The highest BCUT2D eigenvalue weighted by Crippen LogP contribution is 2.34. The molecule has 0 saturated carbocycles. The van der Waals surface area contributed by atoms with E-state index in [9.17, 15) is 9.59 Å². The van der Waals surface area contributed by atoms with E-state index in [2.05, 4.69) is 20.2 Å². The van der Waals surface area contributed by atoms with Crippen molar-refractivity contribution in [2.45, 2.75) is 37.3 Å². The summed E-state index contributed by atoms with van der Waals surface area (Å²) in [6.45, 7) is 5.18. The van der Waals surface area contributed by atoms with Gasteiger partial charge >= 0.3 is 0 Å². The van der Waals surface area contributed by atoms with Gasteiger partial charge in [0.1, 0.15) is 4.83 Å². The van der Waals surface area contributed by atoms with E-state index in [-0.39, 0.29) is 17.2 Å². The smallest absolute Gasteiger partial charge is 0.260 e. The van der Waals surface area contributed by atoms with Crippen LogP contribution in [-0.2, 0) is 22.4 Å². The Bertz CT molecular complexity index is 889. The molecule has 0 spiro atoms. The summed E-state index contributed by atoms with van der Waals surface area (Å²) in [6, 6.07) is 0. The summed E-state index contributed by atoms with van der Waals surface area (Å²) in [5.41, 5.74) is 1.12. The van der Waals surface area contributed by atoms with Gasteiger partial charge in [-0.2, -0.15) is 0 Å². The average Bonchev–Trinajstić information content (AvgIpc) is 3.09. The second-order valence-electron chi connectivity index (χ2n) is 7.21. The van der Waals surface area contributed by atoms with Crippen molar-refractivity contribution < 1.29 is 9.53 Å². The number of morpholine rings is 1. The maximum atomic E-state index is 12.5. The minimum atomic E-state index is -0.0715. The second kappa shape index (κ2) is 9.39. The Hall–Kier alpha value is -1.42. The number of hydrogen-bond acceptors (Lipinski definition) is 7. The number of nitrogens with zero attached hydrogens (tertiary/aromatic N) is 2. The lowest BCUT2D eigenvalue weighted by atomic mass is 9.97. The number of hydrogen-bond donors (Lipinski definition) is 2. The van der Waals surface area contributed by atoms with E-state index in [4.69, 9.17) is 4.74 Å². The average molecular weight is 423 g/mol. The van der Waals surface area contributed by atoms with Crippen LogP contribution in [0, 0.1) is 0 Å². The molecule has 0 bridgehead atoms. The largest absolute Gasteiger partial charge is 0.379 e. The van der Waals surface area contributed by atoms with Crippen LogP contribution in [0.3, 0.4) is 0 Å². The SMILES string of the molecule is O=C(CSc1nc2sc3c(c2c(=O)[nH]1)CCCC3)NCCCN1CCOCC1. The molecule has 2 aromatic rings. The third-order valence-electron chi connectivity index (χ3n) is 5.22. The fourth-order valence-corrected chi connectivity index (χ4v) is 5.76. The Morgan fingerprint density at radius 3 is 2.96 bits per heavy atom. The molecule has 1 aliphatic heterocycles. The number of carbonyl (C=O) groups is 1. The zero-order valence-electron chi connectivity index (χ0n) is 15.9. The Morgan fingerprint density at radius 1 is 1.29 bits per heavy atom. The van der Waals surface area contributed by atoms with Gasteiger partial charge in [-0.15, -0.1) is 11.3 Å². The quantitative estimate of drug-likeness (QED) is 0.402. The molecular weight excluding hydrogens is 396 g/mol. The highest BCUT2D eigenvalue weighted by atomic mass is 32.2. The van der Waals surface area contributed by atoms with Gasteiger partial charge in [-0.3, -0.25) is 14.5 Å². The van der Waals surface area contributed by atoms with Gasteiger partial charge in [0.15, 0.2) is 5.16 Å². The van der Waals surface area contributed by atoms with Gasteiger partial charge in [0.25, 0.3) is 5.56 Å². The summed E-state index contributed by atoms with van der Waals surface area (Å²) in [4.78, 5) is 36.5. The van der Waals surface area contributed by atoms with Crippen LogP contribution in [0.15, 0.2) is 9.95 Å². The first-order valence-electron chi connectivity index (χ1n) is 9.95. The van der Waals surface area contributed by atoms with E-state index >= 15 is 0 Å². The van der Waals surface area contributed by atoms with Gasteiger partial charge in [-0.05, 0) is 44.2 Å². The number of rotatable bonds is 7. The van der Waals surface area contributed by atoms with Gasteiger partial charge in [-0.25, -0.2) is 4.98 Å². The van der Waals surface area contributed by atoms with Crippen molar-refractivity contribution in [3.05, 3.63) is 20.8 Å². The molecule has 4 rings (SSSR count). The molecule has 2 N–H and O–H groups in total. The number of thiophene rings is 1. The molecule has 3 heterocycles. The predicted molar refractivity (Wildman–Crippen MR) is 112 cm³/mol. The summed E-state index contributed by atoms with van der Waals surface area (Å²) in [7, 11) is 0. The Balaban J connectivity index is 1.26. The van der Waals surface area contributed by atoms with E-state index < -0.39 is 0 Å². The first-order valence-corrected chi connectivity index (χ1v) is 11.7. The van der Waals surface area contributed by atoms with Crippen LogP contribution in [0.5, 0.6) is 0 Å². The number of nitrogens with one attached hydrogen (secondary N) is 2. The zero-order chi connectivity index (χ0) is 19.3. The van der Waals surface area contributed by atoms with Gasteiger partial charge in [-0.1, -0.05) is 11.8 Å². The van der Waals surface area contributed by atoms with Crippen LogP contribution in [0.25, 0.3) is 10.2 Å². The maximum absolute atomic E-state index is 12.5. The molecule has 9 heteroatoms. The van der Waals surface area contributed by atoms with Crippen LogP contribution in [-0.4, -0.2) is 65.9 Å². The lowest BCUT2D eigenvalue weighted by Crippen LogP contribution is -2.38. The van der Waals surface area contributed by atoms with Crippen molar-refractivity contribution in [1.29, 1.82) is 0 Å². The summed E-state index contributed by atoms with van der Waals surface area (Å²) in [6.07, 6.45) is 5.27. The number of carbonyl (C=O) groups excluding carboxylic acids is 1. The fourth-order valence-electron chi connectivity index (χ4n) is 3.75. The topological polar surface area (TPSA) is 87.3 Å². The van der Waals surface area contributed by atoms with Crippen molar-refractivity contribution in [2.75, 3.05) is 45.1 Å². The number of aromatic amines is 1. The van der Waals surface area contributed by atoms with Gasteiger partial charge in [0, 0.05) is 24.5 Å². The molecule has 1 amide bonds. The predicted octanol–water partition coefficient (Wildman–Crippen LogP) is 1.79. The second-order valence-corrected chi connectivity index (χ2v) is 9.26. The number of amides is 1. The molecule has 28 heavy (non-hydrogen) atoms. The Kier molecular flexibility index (Phi) is 6.66. The Labute approximate surface area is 172 Å². The number of ether oxygens (including phenoxy) is 1. The van der Waals surface area contributed by atoms with E-state index in [1.54, 1.807) is 11.3 Å². The van der Waals surface area contributed by atoms with E-state index in [0.717, 1.165) is 68.7 Å². The van der Waals surface area contributed by atoms with Crippen molar-refractivity contribution in [1.82, 2.24) is 20.2 Å². The molecule has 1 aliphatic carbocycles. The third-order valence-corrected chi connectivity index (χ3v) is 7.28. The van der Waals surface area contributed by atoms with Crippen molar-refractivity contribution >= 4 is 39.2 Å². The number of thioether (sulfide) groups is 1. The highest BCUT2D eigenvalue weighted by molar-refractivity contribution is 7.99. The lowest BCUT2D eigenvalue weighted by Gasteiger charge is -2.26. The fraction of sp³-hybridized carbons (Fsp3) is 0.632. The molecule has 0 unspecified atom stereocenters. The third kappa shape index (κ3) is 4.76. The summed E-state index contributed by atoms with van der Waals surface area (Å²) in [5.74, 6) is 0.233. The summed E-state index contributed by atoms with van der Waals surface area (Å²) in [5, 5.41) is 4.24. The minimum Gasteiger partial charge on any atom is -0.379 e. The first kappa shape index (κ1) is 19.9. The number of aromatic nitrogens is 2. The van der Waals surface area contributed by atoms with Gasteiger partial charge in [0.05, 0.1) is 24.4 Å². The number of aryl methyl sites for hydroxylation is 2. The van der Waals surface area contributed by atoms with Crippen molar-refractivity contribution in [3.63, 3.8) is 0 Å². The Morgan fingerprint density at radius 2 is 2.11 bits per heavy atom. The molecule has 0 aromatic carbocycles. The van der Waals surface area contributed by atoms with E-state index in [1.165, 1.54) is 28.6 Å². The van der Waals surface area contributed by atoms with Crippen LogP contribution < -0.4 is 10.9 Å². The molecule has 1 saturated heterocycles. The standard InChI is InChI=1S/C19H26N4O3S2/c24-15(20-6-3-7-23-8-10-26-11-9-23)12-27-19-21-17(25)16-13-4-1-2-5-14(13)28-18(16)22-19/h1-12H2,(H,20,24)(H,21,22,25). The lowest BCUT2D eigenvalue weighted by molar-refractivity contribution is -0.118. The highest BCUT2D eigenvalue weighted by Gasteiger charge is 2.20. The van der Waals surface area contributed by atoms with Crippen LogP contribution in [0.2, 0.25) is 0 Å². The van der Waals surface area contributed by atoms with Crippen LogP contribution in [0.1, 0.15) is 29.7 Å². The molecule has 2 aliphatic rings. The monoisotopic (exact) mass is 422 g/mol. The number of H-pyrrole nitrogens is 1. The summed E-state index contributed by atoms with van der Waals surface area (Å²) >= 11 is 2.92. The molecule has 0 radical (unpaired) electrons. The molecule has 1 fully saturated rings. The molecule has 0 atom stereocenters. The van der Waals surface area contributed by atoms with E-state index in [0.29, 0.717) is 11.7 Å². The van der Waals surface area contributed by atoms with Gasteiger partial charge < -0.3 is 15.0 Å². The first-order chi connectivity index (χ1) is 13.7. The number of fused-ring (bicyclic) bond motifs is 3. The zero-order valence-corrected chi connectivity index (χ0v) is 17.6. The van der Waals surface area contributed by atoms with Gasteiger partial charge in [0.2, 0.25) is 5.91 Å². The molecular formula is C19H26N4O3S2. The molecule has 2 aromatic heterocycles. The normalized spacial score (nSPS) is 17.6. The van der Waals surface area contributed by atoms with Crippen molar-refractivity contribution in [3.8, 4) is 0 Å². The van der Waals surface area contributed by atoms with Crippen LogP contribution in [0.4, 0.5) is 0 Å².